The van der Waals surface area contributed by atoms with Crippen molar-refractivity contribution in [2.24, 2.45) is 11.8 Å². The van der Waals surface area contributed by atoms with Crippen LogP contribution in [0.3, 0.4) is 0 Å². The monoisotopic (exact) mass is 584 g/mol. The van der Waals surface area contributed by atoms with E-state index in [4.69, 9.17) is 0 Å². The SMILES string of the molecule is C[C@]12C=CCN(c3ccccc3)C(=O)[C@H]1[C@H]1C(=O)N(CCCO)C3C(=O)N(Cn4nnc5ccccc54)CC=C[C@@]31S2. The number of hydrogen-bond acceptors (Lipinski definition) is 7. The van der Waals surface area contributed by atoms with Gasteiger partial charge >= 0.3 is 0 Å². The van der Waals surface area contributed by atoms with Gasteiger partial charge < -0.3 is 19.8 Å². The van der Waals surface area contributed by atoms with E-state index in [9.17, 15) is 19.5 Å². The van der Waals surface area contributed by atoms with E-state index in [2.05, 4.69) is 16.4 Å². The molecule has 0 bridgehead atoms. The highest BCUT2D eigenvalue weighted by atomic mass is 32.2. The maximum atomic E-state index is 14.5. The molecule has 1 N–H and O–H groups in total. The molecule has 0 radical (unpaired) electrons. The molecule has 4 aliphatic rings. The second kappa shape index (κ2) is 10.1. The topological polar surface area (TPSA) is 112 Å². The number of aliphatic hydroxyl groups is 1. The van der Waals surface area contributed by atoms with Crippen LogP contribution >= 0.6 is 11.8 Å². The van der Waals surface area contributed by atoms with Crippen LogP contribution in [0.5, 0.6) is 0 Å². The van der Waals surface area contributed by atoms with Crippen LogP contribution in [0.25, 0.3) is 11.0 Å². The van der Waals surface area contributed by atoms with Crippen LogP contribution in [0.15, 0.2) is 78.9 Å². The Hall–Kier alpha value is -3.96. The van der Waals surface area contributed by atoms with Crippen LogP contribution in [0.2, 0.25) is 0 Å². The third kappa shape index (κ3) is 3.94. The van der Waals surface area contributed by atoms with E-state index in [1.807, 2.05) is 79.7 Å². The number of carbonyl (C=O) groups excluding carboxylic acids is 3. The van der Waals surface area contributed by atoms with Gasteiger partial charge in [-0.3, -0.25) is 14.4 Å². The fourth-order valence-electron chi connectivity index (χ4n) is 7.20. The van der Waals surface area contributed by atoms with Crippen LogP contribution in [-0.2, 0) is 21.1 Å². The number of carbonyl (C=O) groups is 3. The number of likely N-dealkylation sites (tertiary alicyclic amines) is 1. The van der Waals surface area contributed by atoms with E-state index in [1.54, 1.807) is 31.1 Å². The molecule has 2 fully saturated rings. The molecule has 216 valence electrons. The van der Waals surface area contributed by atoms with Gasteiger partial charge in [0.2, 0.25) is 17.7 Å². The summed E-state index contributed by atoms with van der Waals surface area (Å²) in [6, 6.07) is 16.3. The molecule has 0 saturated carbocycles. The zero-order valence-corrected chi connectivity index (χ0v) is 24.1. The van der Waals surface area contributed by atoms with Gasteiger partial charge in [-0.15, -0.1) is 16.9 Å². The summed E-state index contributed by atoms with van der Waals surface area (Å²) < 4.78 is 0.0640. The summed E-state index contributed by atoms with van der Waals surface area (Å²) in [6.45, 7) is 3.06. The lowest BCUT2D eigenvalue weighted by atomic mass is 9.74. The van der Waals surface area contributed by atoms with Crippen LogP contribution in [0.1, 0.15) is 13.3 Å². The molecule has 5 atom stereocenters. The van der Waals surface area contributed by atoms with Gasteiger partial charge in [-0.05, 0) is 37.6 Å². The van der Waals surface area contributed by atoms with Gasteiger partial charge in [0.05, 0.1) is 22.1 Å². The molecular weight excluding hydrogens is 552 g/mol. The van der Waals surface area contributed by atoms with E-state index >= 15 is 0 Å². The molecule has 5 heterocycles. The molecule has 4 aliphatic heterocycles. The van der Waals surface area contributed by atoms with Crippen LogP contribution < -0.4 is 4.90 Å². The first-order valence-corrected chi connectivity index (χ1v) is 15.1. The average molecular weight is 585 g/mol. The summed E-state index contributed by atoms with van der Waals surface area (Å²) in [5.41, 5.74) is 2.33. The van der Waals surface area contributed by atoms with E-state index in [0.29, 0.717) is 19.5 Å². The lowest BCUT2D eigenvalue weighted by Crippen LogP contribution is -2.53. The van der Waals surface area contributed by atoms with Gasteiger partial charge in [-0.2, -0.15) is 0 Å². The number of hydrogen-bond donors (Lipinski definition) is 1. The van der Waals surface area contributed by atoms with Crippen molar-refractivity contribution in [3.8, 4) is 0 Å². The third-order valence-corrected chi connectivity index (χ3v) is 10.8. The number of para-hydroxylation sites is 2. The molecule has 1 spiro atoms. The smallest absolute Gasteiger partial charge is 0.248 e. The Labute approximate surface area is 247 Å². The molecule has 7 rings (SSSR count). The van der Waals surface area contributed by atoms with Gasteiger partial charge in [0.25, 0.3) is 0 Å². The van der Waals surface area contributed by atoms with Crippen molar-refractivity contribution < 1.29 is 19.5 Å². The lowest BCUT2D eigenvalue weighted by Gasteiger charge is -2.36. The zero-order chi connectivity index (χ0) is 29.1. The first-order chi connectivity index (χ1) is 20.4. The summed E-state index contributed by atoms with van der Waals surface area (Å²) in [5.74, 6) is -1.92. The molecular formula is C31H32N6O4S. The summed E-state index contributed by atoms with van der Waals surface area (Å²) >= 11 is 1.56. The Morgan fingerprint density at radius 1 is 0.929 bits per heavy atom. The molecule has 0 aliphatic carbocycles. The Morgan fingerprint density at radius 2 is 1.69 bits per heavy atom. The van der Waals surface area contributed by atoms with E-state index in [-0.39, 0.29) is 37.5 Å². The summed E-state index contributed by atoms with van der Waals surface area (Å²) in [5, 5.41) is 18.2. The lowest BCUT2D eigenvalue weighted by molar-refractivity contribution is -0.143. The first-order valence-electron chi connectivity index (χ1n) is 14.3. The fraction of sp³-hybridized carbons (Fsp3) is 0.387. The van der Waals surface area contributed by atoms with Crippen molar-refractivity contribution in [3.05, 3.63) is 78.9 Å². The van der Waals surface area contributed by atoms with E-state index in [0.717, 1.165) is 16.7 Å². The van der Waals surface area contributed by atoms with Crippen molar-refractivity contribution in [2.75, 3.05) is 31.1 Å². The van der Waals surface area contributed by atoms with Gasteiger partial charge in [0, 0.05) is 36.7 Å². The average Bonchev–Trinajstić information content (AvgIpc) is 3.52. The Balaban J connectivity index is 1.30. The fourth-order valence-corrected chi connectivity index (χ4v) is 9.36. The maximum Gasteiger partial charge on any atom is 0.248 e. The highest BCUT2D eigenvalue weighted by Gasteiger charge is 2.73. The number of rotatable bonds is 6. The Bertz CT molecular complexity index is 1620. The van der Waals surface area contributed by atoms with Crippen LogP contribution in [0, 0.1) is 11.8 Å². The van der Waals surface area contributed by atoms with Gasteiger partial charge in [-0.1, -0.05) is 59.8 Å². The summed E-state index contributed by atoms with van der Waals surface area (Å²) in [4.78, 5) is 48.4. The third-order valence-electron chi connectivity index (χ3n) is 8.99. The molecule has 10 nitrogen and oxygen atoms in total. The second-order valence-electron chi connectivity index (χ2n) is 11.5. The standard InChI is InChI=1S/C31H32N6O4S/c1-30-14-7-17-35(21-10-3-2-4-11-21)27(39)24(30)25-28(40)36(18-9-19-38)26-29(41)34(16-8-15-31(25,26)42-30)20-37-23-13-6-5-12-22(23)32-33-37/h2-8,10-15,24-26,38H,9,16-20H2,1H3/t24-,25+,26?,30+,31+/m1/s1. The van der Waals surface area contributed by atoms with Crippen molar-refractivity contribution in [2.45, 2.75) is 35.5 Å². The number of benzene rings is 2. The molecule has 1 unspecified atom stereocenters. The minimum atomic E-state index is -0.943. The summed E-state index contributed by atoms with van der Waals surface area (Å²) in [7, 11) is 0. The molecule has 42 heavy (non-hydrogen) atoms. The minimum Gasteiger partial charge on any atom is -0.396 e. The number of fused-ring (bicyclic) bond motifs is 3. The quantitative estimate of drug-likeness (QED) is 0.443. The van der Waals surface area contributed by atoms with E-state index in [1.165, 1.54) is 0 Å². The highest BCUT2D eigenvalue weighted by molar-refractivity contribution is 8.02. The predicted octanol–water partition coefficient (Wildman–Crippen LogP) is 2.46. The van der Waals surface area contributed by atoms with Gasteiger partial charge in [0.15, 0.2) is 0 Å². The van der Waals surface area contributed by atoms with Crippen LogP contribution in [-0.4, -0.2) is 89.4 Å². The minimum absolute atomic E-state index is 0.107. The molecule has 2 aromatic carbocycles. The van der Waals surface area contributed by atoms with E-state index < -0.39 is 27.4 Å². The van der Waals surface area contributed by atoms with Gasteiger partial charge in [0.1, 0.15) is 18.2 Å². The molecule has 1 aromatic heterocycles. The first kappa shape index (κ1) is 26.9. The predicted molar refractivity (Wildman–Crippen MR) is 159 cm³/mol. The number of aromatic nitrogens is 3. The number of aliphatic hydroxyl groups excluding tert-OH is 1. The Kier molecular flexibility index (Phi) is 6.47. The Morgan fingerprint density at radius 3 is 2.50 bits per heavy atom. The molecule has 2 saturated heterocycles. The molecule has 11 heteroatoms. The number of thioether (sulfide) groups is 1. The van der Waals surface area contributed by atoms with Crippen molar-refractivity contribution >= 4 is 46.2 Å². The molecule has 3 amide bonds. The van der Waals surface area contributed by atoms with Crippen LogP contribution in [0.4, 0.5) is 5.69 Å². The zero-order valence-electron chi connectivity index (χ0n) is 23.2. The number of anilines is 1. The normalized spacial score (nSPS) is 30.5. The summed E-state index contributed by atoms with van der Waals surface area (Å²) in [6.07, 6.45) is 8.36. The largest absolute Gasteiger partial charge is 0.396 e. The number of nitrogens with zero attached hydrogens (tertiary/aromatic N) is 6. The second-order valence-corrected chi connectivity index (χ2v) is 13.3. The number of amides is 3. The highest BCUT2D eigenvalue weighted by Crippen LogP contribution is 2.65. The molecule has 3 aromatic rings. The van der Waals surface area contributed by atoms with Crippen molar-refractivity contribution in [1.82, 2.24) is 24.8 Å². The van der Waals surface area contributed by atoms with Gasteiger partial charge in [-0.25, -0.2) is 4.68 Å². The maximum absolute atomic E-state index is 14.5. The van der Waals surface area contributed by atoms with Crippen molar-refractivity contribution in [1.29, 1.82) is 0 Å². The van der Waals surface area contributed by atoms with Crippen molar-refractivity contribution in [3.63, 3.8) is 0 Å².